The molecule has 0 aliphatic rings. The van der Waals surface area contributed by atoms with Gasteiger partial charge >= 0.3 is 6.03 Å². The zero-order valence-corrected chi connectivity index (χ0v) is 22.9. The van der Waals surface area contributed by atoms with E-state index < -0.39 is 6.04 Å². The third-order valence-corrected chi connectivity index (χ3v) is 7.06. The van der Waals surface area contributed by atoms with Gasteiger partial charge in [0.2, 0.25) is 0 Å². The van der Waals surface area contributed by atoms with Crippen LogP contribution in [0, 0.1) is 12.8 Å². The molecule has 0 aliphatic heterocycles. The lowest BCUT2D eigenvalue weighted by atomic mass is 10.1. The average Bonchev–Trinajstić information content (AvgIpc) is 2.89. The predicted molar refractivity (Wildman–Crippen MR) is 154 cm³/mol. The van der Waals surface area contributed by atoms with Gasteiger partial charge in [-0.1, -0.05) is 50.6 Å². The van der Waals surface area contributed by atoms with Crippen molar-refractivity contribution in [2.45, 2.75) is 45.1 Å². The van der Waals surface area contributed by atoms with Crippen LogP contribution in [-0.2, 0) is 0 Å². The van der Waals surface area contributed by atoms with Crippen molar-refractivity contribution in [3.63, 3.8) is 0 Å². The molecule has 192 valence electrons. The Balaban J connectivity index is 1.84. The second-order valence-corrected chi connectivity index (χ2v) is 10.5. The zero-order valence-electron chi connectivity index (χ0n) is 22.1. The van der Waals surface area contributed by atoms with Crippen molar-refractivity contribution in [2.24, 2.45) is 5.92 Å². The van der Waals surface area contributed by atoms with Gasteiger partial charge in [-0.3, -0.25) is 9.36 Å². The lowest BCUT2D eigenvalue weighted by Crippen LogP contribution is -2.42. The van der Waals surface area contributed by atoms with E-state index in [2.05, 4.69) is 19.2 Å². The van der Waals surface area contributed by atoms with E-state index in [1.165, 1.54) is 0 Å². The second kappa shape index (κ2) is 11.6. The number of para-hydroxylation sites is 1. The van der Waals surface area contributed by atoms with E-state index in [1.54, 1.807) is 22.4 Å². The number of nitrogens with zero attached hydrogens (tertiary/aromatic N) is 3. The Morgan fingerprint density at radius 3 is 2.32 bits per heavy atom. The molecule has 1 aromatic heterocycles. The van der Waals surface area contributed by atoms with Crippen molar-refractivity contribution < 1.29 is 4.79 Å². The van der Waals surface area contributed by atoms with Crippen LogP contribution in [0.4, 0.5) is 10.5 Å². The van der Waals surface area contributed by atoms with Gasteiger partial charge in [0.15, 0.2) is 0 Å². The third kappa shape index (κ3) is 5.88. The van der Waals surface area contributed by atoms with Gasteiger partial charge in [-0.15, -0.1) is 11.8 Å². The maximum absolute atomic E-state index is 13.8. The maximum Gasteiger partial charge on any atom is 0.322 e. The number of hydrogen-bond donors (Lipinski definition) is 1. The summed E-state index contributed by atoms with van der Waals surface area (Å²) in [7, 11) is 0. The van der Waals surface area contributed by atoms with Gasteiger partial charge in [0.1, 0.15) is 5.82 Å². The Bertz CT molecular complexity index is 1430. The van der Waals surface area contributed by atoms with Gasteiger partial charge < -0.3 is 10.2 Å². The second-order valence-electron chi connectivity index (χ2n) is 9.59. The smallest absolute Gasteiger partial charge is 0.314 e. The van der Waals surface area contributed by atoms with Crippen LogP contribution in [0.25, 0.3) is 16.6 Å². The van der Waals surface area contributed by atoms with E-state index in [1.807, 2.05) is 91.7 Å². The number of thioether (sulfide) groups is 1. The number of carbonyl (C=O) groups is 1. The highest BCUT2D eigenvalue weighted by Crippen LogP contribution is 2.28. The molecule has 0 saturated carbocycles. The number of rotatable bonds is 8. The molecule has 0 bridgehead atoms. The number of anilines is 1. The van der Waals surface area contributed by atoms with Gasteiger partial charge in [0.25, 0.3) is 5.56 Å². The summed E-state index contributed by atoms with van der Waals surface area (Å²) in [4.78, 5) is 35.5. The summed E-state index contributed by atoms with van der Waals surface area (Å²) in [5.74, 6) is 0.780. The van der Waals surface area contributed by atoms with Crippen LogP contribution in [0.3, 0.4) is 0 Å². The van der Waals surface area contributed by atoms with Crippen LogP contribution in [0.15, 0.2) is 82.5 Å². The Morgan fingerprint density at radius 2 is 1.70 bits per heavy atom. The van der Waals surface area contributed by atoms with E-state index >= 15 is 0 Å². The SMILES string of the molecule is CCC(c1nc2ccccc2c(=O)n1-c1ccc(C)cc1)N(CC(C)C)C(=O)Nc1ccc(SC)cc1. The highest BCUT2D eigenvalue weighted by atomic mass is 32.2. The standard InChI is InChI=1S/C30H34N4O2S/c1-6-27(33(19-20(2)3)30(36)31-22-13-17-24(37-5)18-14-22)28-32-26-10-8-7-9-25(26)29(35)34(28)23-15-11-21(4)12-16-23/h7-18,20,27H,6,19H2,1-5H3,(H,31,36). The van der Waals surface area contributed by atoms with Gasteiger partial charge in [-0.05, 0) is 74.0 Å². The molecule has 1 unspecified atom stereocenters. The van der Waals surface area contributed by atoms with Crippen molar-refractivity contribution >= 4 is 34.4 Å². The highest BCUT2D eigenvalue weighted by molar-refractivity contribution is 7.98. The normalized spacial score (nSPS) is 12.1. The van der Waals surface area contributed by atoms with Crippen LogP contribution >= 0.6 is 11.8 Å². The molecule has 1 atom stereocenters. The fourth-order valence-electron chi connectivity index (χ4n) is 4.47. The van der Waals surface area contributed by atoms with E-state index in [4.69, 9.17) is 4.98 Å². The molecular formula is C30H34N4O2S. The van der Waals surface area contributed by atoms with Crippen molar-refractivity contribution in [1.82, 2.24) is 14.5 Å². The molecule has 0 saturated heterocycles. The summed E-state index contributed by atoms with van der Waals surface area (Å²) in [5, 5.41) is 3.62. The van der Waals surface area contributed by atoms with Crippen molar-refractivity contribution in [2.75, 3.05) is 18.1 Å². The van der Waals surface area contributed by atoms with Crippen LogP contribution in [0.2, 0.25) is 0 Å². The molecular weight excluding hydrogens is 480 g/mol. The minimum atomic E-state index is -0.411. The first kappa shape index (κ1) is 26.5. The van der Waals surface area contributed by atoms with E-state index in [0.29, 0.717) is 29.7 Å². The summed E-state index contributed by atoms with van der Waals surface area (Å²) in [6, 6.07) is 22.4. The van der Waals surface area contributed by atoms with Gasteiger partial charge in [-0.2, -0.15) is 0 Å². The molecule has 6 nitrogen and oxygen atoms in total. The Labute approximate surface area is 222 Å². The molecule has 1 heterocycles. The number of aryl methyl sites for hydroxylation is 1. The predicted octanol–water partition coefficient (Wildman–Crippen LogP) is 7.06. The first-order valence-corrected chi connectivity index (χ1v) is 13.8. The van der Waals surface area contributed by atoms with Crippen molar-refractivity contribution in [3.8, 4) is 5.69 Å². The Kier molecular flexibility index (Phi) is 8.34. The number of amides is 2. The topological polar surface area (TPSA) is 67.2 Å². The first-order chi connectivity index (χ1) is 17.8. The minimum Gasteiger partial charge on any atom is -0.314 e. The molecule has 4 rings (SSSR count). The summed E-state index contributed by atoms with van der Waals surface area (Å²) in [6.45, 7) is 8.73. The monoisotopic (exact) mass is 514 g/mol. The molecule has 0 radical (unpaired) electrons. The minimum absolute atomic E-state index is 0.138. The lowest BCUT2D eigenvalue weighted by Gasteiger charge is -2.33. The number of aromatic nitrogens is 2. The van der Waals surface area contributed by atoms with Gasteiger partial charge in [0.05, 0.1) is 22.6 Å². The molecule has 37 heavy (non-hydrogen) atoms. The first-order valence-electron chi connectivity index (χ1n) is 12.6. The average molecular weight is 515 g/mol. The largest absolute Gasteiger partial charge is 0.322 e. The quantitative estimate of drug-likeness (QED) is 0.256. The van der Waals surface area contributed by atoms with E-state index in [0.717, 1.165) is 21.8 Å². The molecule has 3 aromatic carbocycles. The number of nitrogens with one attached hydrogen (secondary N) is 1. The Morgan fingerprint density at radius 1 is 1.03 bits per heavy atom. The summed E-state index contributed by atoms with van der Waals surface area (Å²) < 4.78 is 1.67. The summed E-state index contributed by atoms with van der Waals surface area (Å²) in [6.07, 6.45) is 2.62. The highest BCUT2D eigenvalue weighted by Gasteiger charge is 2.29. The molecule has 7 heteroatoms. The number of carbonyl (C=O) groups excluding carboxylic acids is 1. The van der Waals surface area contributed by atoms with Crippen molar-refractivity contribution in [1.29, 1.82) is 0 Å². The lowest BCUT2D eigenvalue weighted by molar-refractivity contribution is 0.171. The third-order valence-electron chi connectivity index (χ3n) is 6.32. The van der Waals surface area contributed by atoms with Crippen LogP contribution < -0.4 is 10.9 Å². The molecule has 0 aliphatic carbocycles. The van der Waals surface area contributed by atoms with E-state index in [-0.39, 0.29) is 17.5 Å². The van der Waals surface area contributed by atoms with Crippen LogP contribution in [0.1, 0.15) is 44.6 Å². The van der Waals surface area contributed by atoms with Gasteiger partial charge in [0, 0.05) is 17.1 Å². The number of hydrogen-bond acceptors (Lipinski definition) is 4. The Hall–Kier alpha value is -3.58. The zero-order chi connectivity index (χ0) is 26.5. The van der Waals surface area contributed by atoms with Crippen LogP contribution in [0.5, 0.6) is 0 Å². The molecule has 1 N–H and O–H groups in total. The van der Waals surface area contributed by atoms with Crippen LogP contribution in [-0.4, -0.2) is 33.3 Å². The molecule has 4 aromatic rings. The maximum atomic E-state index is 13.8. The van der Waals surface area contributed by atoms with Crippen molar-refractivity contribution in [3.05, 3.63) is 94.5 Å². The van der Waals surface area contributed by atoms with E-state index in [9.17, 15) is 9.59 Å². The number of urea groups is 1. The molecule has 0 spiro atoms. The number of benzene rings is 3. The van der Waals surface area contributed by atoms with Gasteiger partial charge in [-0.25, -0.2) is 9.78 Å². The fraction of sp³-hybridized carbons (Fsp3) is 0.300. The number of fused-ring (bicyclic) bond motifs is 1. The summed E-state index contributed by atoms with van der Waals surface area (Å²) >= 11 is 1.66. The molecule has 0 fully saturated rings. The molecule has 2 amide bonds. The fourth-order valence-corrected chi connectivity index (χ4v) is 4.88. The summed E-state index contributed by atoms with van der Waals surface area (Å²) in [5.41, 5.74) is 3.06.